The highest BCUT2D eigenvalue weighted by atomic mass is 79.9. The van der Waals surface area contributed by atoms with E-state index in [4.69, 9.17) is 8.39 Å². The summed E-state index contributed by atoms with van der Waals surface area (Å²) in [5.41, 5.74) is 4.00. The van der Waals surface area contributed by atoms with Crippen LogP contribution < -0.4 is 4.67 Å². The summed E-state index contributed by atoms with van der Waals surface area (Å²) in [5, 5.41) is 6.60. The van der Waals surface area contributed by atoms with Crippen molar-refractivity contribution in [3.8, 4) is 0 Å². The Hall–Kier alpha value is -3.34. The quantitative estimate of drug-likeness (QED) is 0.179. The minimum absolute atomic E-state index is 0.0102. The third-order valence-electron chi connectivity index (χ3n) is 8.05. The molecule has 0 saturated carbocycles. The van der Waals surface area contributed by atoms with Crippen LogP contribution in [0.3, 0.4) is 0 Å². The van der Waals surface area contributed by atoms with E-state index in [1.54, 1.807) is 0 Å². The first-order valence-corrected chi connectivity index (χ1v) is 16.7. The van der Waals surface area contributed by atoms with E-state index in [0.717, 1.165) is 52.4 Å². The molecule has 42 heavy (non-hydrogen) atoms. The smallest absolute Gasteiger partial charge is 0.310 e. The molecular formula is C36H28Br2NO2P. The summed E-state index contributed by atoms with van der Waals surface area (Å²) in [6.07, 6.45) is 0. The van der Waals surface area contributed by atoms with Crippen LogP contribution in [-0.2, 0) is 0 Å². The summed E-state index contributed by atoms with van der Waals surface area (Å²) in [5.74, 6) is 0. The molecule has 0 aliphatic carbocycles. The van der Waals surface area contributed by atoms with Crippen molar-refractivity contribution in [3.05, 3.63) is 141 Å². The van der Waals surface area contributed by atoms with Crippen LogP contribution in [0.4, 0.5) is 0 Å². The first kappa shape index (κ1) is 27.5. The van der Waals surface area contributed by atoms with Gasteiger partial charge in [0.25, 0.3) is 0 Å². The Kier molecular flexibility index (Phi) is 7.46. The Morgan fingerprint density at radius 2 is 0.929 bits per heavy atom. The molecule has 7 rings (SSSR count). The maximum Gasteiger partial charge on any atom is 0.310 e. The van der Waals surface area contributed by atoms with Crippen molar-refractivity contribution in [3.63, 3.8) is 0 Å². The van der Waals surface area contributed by atoms with Gasteiger partial charge in [-0.15, -0.1) is 0 Å². The third-order valence-corrected chi connectivity index (χ3v) is 11.0. The van der Waals surface area contributed by atoms with E-state index in [1.165, 1.54) is 11.1 Å². The van der Waals surface area contributed by atoms with Gasteiger partial charge in [-0.1, -0.05) is 109 Å². The van der Waals surface area contributed by atoms with E-state index in [-0.39, 0.29) is 12.1 Å². The highest BCUT2D eigenvalue weighted by Crippen LogP contribution is 2.50. The largest absolute Gasteiger partial charge is 0.407 e. The fourth-order valence-corrected chi connectivity index (χ4v) is 8.97. The molecule has 1 heterocycles. The van der Waals surface area contributed by atoms with Crippen molar-refractivity contribution in [1.82, 2.24) is 0 Å². The van der Waals surface area contributed by atoms with Gasteiger partial charge in [0, 0.05) is 22.9 Å². The van der Waals surface area contributed by atoms with E-state index >= 15 is 0 Å². The standard InChI is InChI=1S/C36H28Br2NO2P/c1-23(25-13-5-3-6-14-25)39(24(2)26-15-7-4-8-16-26)42-40-35-31(37)21-27-17-9-11-19-29(27)33(35)34-30-20-12-10-18-28(30)22-32(38)36(34)41-42/h3-24H,1-2H3/t23-,24+. The highest BCUT2D eigenvalue weighted by molar-refractivity contribution is 9.11. The minimum Gasteiger partial charge on any atom is -0.407 e. The van der Waals surface area contributed by atoms with Gasteiger partial charge in [-0.3, -0.25) is 0 Å². The van der Waals surface area contributed by atoms with Crippen LogP contribution in [0.15, 0.2) is 139 Å². The predicted octanol–water partition coefficient (Wildman–Crippen LogP) is 12.6. The highest BCUT2D eigenvalue weighted by Gasteiger charge is 2.30. The lowest BCUT2D eigenvalue weighted by molar-refractivity contribution is 0.557. The van der Waals surface area contributed by atoms with Crippen LogP contribution in [0, 0.1) is 0 Å². The Morgan fingerprint density at radius 3 is 1.36 bits per heavy atom. The van der Waals surface area contributed by atoms with Gasteiger partial charge < -0.3 is 8.39 Å². The summed E-state index contributed by atoms with van der Waals surface area (Å²) < 4.78 is 18.5. The van der Waals surface area contributed by atoms with Crippen molar-refractivity contribution in [2.75, 3.05) is 4.67 Å². The number of hydrogen-bond donors (Lipinski definition) is 0. The Labute approximate surface area is 262 Å². The SMILES string of the molecule is C[C@H](c1ccccc1)N([C@@H](C)c1ccccc1)p1oc2c(Br)cc3ccccc3c2c2c(o1)c(Br)cc1ccccc12. The van der Waals surface area contributed by atoms with E-state index in [2.05, 4.69) is 172 Å². The van der Waals surface area contributed by atoms with Crippen LogP contribution in [0.2, 0.25) is 0 Å². The monoisotopic (exact) mass is 695 g/mol. The summed E-state index contributed by atoms with van der Waals surface area (Å²) in [6.45, 7) is 4.48. The number of hydrogen-bond acceptors (Lipinski definition) is 3. The predicted molar refractivity (Wildman–Crippen MR) is 185 cm³/mol. The molecule has 3 nitrogen and oxygen atoms in total. The lowest BCUT2D eigenvalue weighted by Crippen LogP contribution is -2.27. The van der Waals surface area contributed by atoms with Crippen LogP contribution in [0.5, 0.6) is 0 Å². The van der Waals surface area contributed by atoms with Crippen molar-refractivity contribution in [2.45, 2.75) is 25.9 Å². The minimum atomic E-state index is -1.63. The lowest BCUT2D eigenvalue weighted by Gasteiger charge is -2.31. The lowest BCUT2D eigenvalue weighted by atomic mass is 9.99. The average molecular weight is 697 g/mol. The second-order valence-electron chi connectivity index (χ2n) is 10.5. The molecular weight excluding hydrogens is 669 g/mol. The zero-order chi connectivity index (χ0) is 28.8. The van der Waals surface area contributed by atoms with Gasteiger partial charge in [0.1, 0.15) is 0 Å². The van der Waals surface area contributed by atoms with Gasteiger partial charge in [0.2, 0.25) is 0 Å². The van der Waals surface area contributed by atoms with Crippen LogP contribution in [0.1, 0.15) is 37.1 Å². The zero-order valence-corrected chi connectivity index (χ0v) is 27.2. The molecule has 1 aromatic heterocycles. The molecule has 6 heteroatoms. The molecule has 6 aromatic carbocycles. The molecule has 0 fully saturated rings. The zero-order valence-electron chi connectivity index (χ0n) is 23.2. The molecule has 2 atom stereocenters. The Balaban J connectivity index is 1.65. The summed E-state index contributed by atoms with van der Waals surface area (Å²) in [7, 11) is -1.63. The van der Waals surface area contributed by atoms with Crippen molar-refractivity contribution < 1.29 is 8.39 Å². The van der Waals surface area contributed by atoms with Crippen LogP contribution in [0.25, 0.3) is 43.5 Å². The van der Waals surface area contributed by atoms with E-state index in [9.17, 15) is 0 Å². The van der Waals surface area contributed by atoms with Crippen LogP contribution >= 0.6 is 40.0 Å². The average Bonchev–Trinajstić information content (AvgIpc) is 3.21. The number of fused-ring (bicyclic) bond motifs is 7. The van der Waals surface area contributed by atoms with Crippen molar-refractivity contribution in [2.24, 2.45) is 0 Å². The Morgan fingerprint density at radius 1 is 0.548 bits per heavy atom. The van der Waals surface area contributed by atoms with Gasteiger partial charge in [0.05, 0.1) is 8.95 Å². The summed E-state index contributed by atoms with van der Waals surface area (Å²) in [4.78, 5) is 0. The summed E-state index contributed by atoms with van der Waals surface area (Å²) in [6, 6.07) is 42.5. The van der Waals surface area contributed by atoms with Gasteiger partial charge in [-0.25, -0.2) is 0 Å². The molecule has 0 bridgehead atoms. The van der Waals surface area contributed by atoms with E-state index < -0.39 is 8.16 Å². The molecule has 0 radical (unpaired) electrons. The maximum absolute atomic E-state index is 7.13. The molecule has 0 unspecified atom stereocenters. The van der Waals surface area contributed by atoms with Gasteiger partial charge in [-0.05, 0) is 90.5 Å². The maximum atomic E-state index is 7.13. The summed E-state index contributed by atoms with van der Waals surface area (Å²) >= 11 is 7.82. The molecule has 0 amide bonds. The fraction of sp³-hybridized carbons (Fsp3) is 0.111. The van der Waals surface area contributed by atoms with Crippen LogP contribution in [-0.4, -0.2) is 0 Å². The first-order chi connectivity index (χ1) is 20.5. The molecule has 0 aliphatic rings. The van der Waals surface area contributed by atoms with Crippen molar-refractivity contribution in [1.29, 1.82) is 0 Å². The molecule has 0 N–H and O–H groups in total. The van der Waals surface area contributed by atoms with E-state index in [1.807, 2.05) is 0 Å². The number of halogens is 2. The van der Waals surface area contributed by atoms with E-state index in [0.29, 0.717) is 0 Å². The second-order valence-corrected chi connectivity index (χ2v) is 13.6. The number of rotatable bonds is 5. The van der Waals surface area contributed by atoms with Gasteiger partial charge >= 0.3 is 8.16 Å². The topological polar surface area (TPSA) is 29.5 Å². The molecule has 0 spiro atoms. The first-order valence-electron chi connectivity index (χ1n) is 14.0. The number of benzene rings is 6. The van der Waals surface area contributed by atoms with Gasteiger partial charge in [0.15, 0.2) is 11.2 Å². The third kappa shape index (κ3) is 4.79. The second kappa shape index (κ2) is 11.4. The normalized spacial score (nSPS) is 13.3. The van der Waals surface area contributed by atoms with Crippen molar-refractivity contribution >= 4 is 83.5 Å². The molecule has 0 saturated heterocycles. The molecule has 0 aliphatic heterocycles. The van der Waals surface area contributed by atoms with Gasteiger partial charge in [-0.2, -0.15) is 4.67 Å². The number of nitrogens with zero attached hydrogens (tertiary/aromatic N) is 1. The Bertz CT molecular complexity index is 1960. The molecule has 208 valence electrons. The molecule has 7 aromatic rings. The fourth-order valence-electron chi connectivity index (χ4n) is 5.92.